The van der Waals surface area contributed by atoms with Crippen molar-refractivity contribution in [2.75, 3.05) is 52.2 Å². The summed E-state index contributed by atoms with van der Waals surface area (Å²) in [6.07, 6.45) is 0.132. The number of likely N-dealkylation sites (tertiary alicyclic amines) is 1. The van der Waals surface area contributed by atoms with E-state index < -0.39 is 24.2 Å². The van der Waals surface area contributed by atoms with E-state index >= 15 is 0 Å². The Morgan fingerprint density at radius 2 is 2.05 bits per heavy atom. The number of rotatable bonds is 6. The second-order valence-corrected chi connectivity index (χ2v) is 8.91. The number of alkyl halides is 1. The molecule has 196 valence electrons. The Kier molecular flexibility index (Phi) is 6.76. The zero-order valence-electron chi connectivity index (χ0n) is 20.1. The maximum Gasteiger partial charge on any atom is 0.407 e. The second kappa shape index (κ2) is 10.1. The lowest BCUT2D eigenvalue weighted by atomic mass is 10.1. The van der Waals surface area contributed by atoms with Crippen LogP contribution in [0.15, 0.2) is 24.7 Å². The van der Waals surface area contributed by atoms with Crippen molar-refractivity contribution in [1.82, 2.24) is 34.7 Å². The van der Waals surface area contributed by atoms with Gasteiger partial charge in [0.1, 0.15) is 23.6 Å². The van der Waals surface area contributed by atoms with Gasteiger partial charge in [-0.3, -0.25) is 9.69 Å². The van der Waals surface area contributed by atoms with Crippen LogP contribution in [0.5, 0.6) is 5.88 Å². The molecule has 5 heterocycles. The molecule has 2 aliphatic rings. The van der Waals surface area contributed by atoms with E-state index in [9.17, 15) is 14.0 Å². The minimum atomic E-state index is -1.53. The number of aromatic nitrogens is 4. The van der Waals surface area contributed by atoms with Gasteiger partial charge in [0, 0.05) is 37.9 Å². The predicted octanol–water partition coefficient (Wildman–Crippen LogP) is 0.644. The smallest absolute Gasteiger partial charge is 0.407 e. The molecule has 0 spiro atoms. The highest BCUT2D eigenvalue weighted by Crippen LogP contribution is 2.31. The number of methoxy groups -OCH3 is 1. The predicted molar refractivity (Wildman–Crippen MR) is 129 cm³/mol. The van der Waals surface area contributed by atoms with E-state index in [1.807, 2.05) is 6.07 Å². The zero-order valence-corrected chi connectivity index (χ0v) is 20.1. The minimum Gasteiger partial charge on any atom is -0.480 e. The third-order valence-electron chi connectivity index (χ3n) is 6.58. The molecular weight excluding hydrogens is 487 g/mol. The van der Waals surface area contributed by atoms with E-state index in [0.717, 1.165) is 23.6 Å². The van der Waals surface area contributed by atoms with Gasteiger partial charge in [-0.15, -0.1) is 0 Å². The van der Waals surface area contributed by atoms with Crippen LogP contribution in [0, 0.1) is 0 Å². The van der Waals surface area contributed by atoms with E-state index in [0.29, 0.717) is 42.4 Å². The van der Waals surface area contributed by atoms with Crippen LogP contribution < -0.4 is 15.8 Å². The van der Waals surface area contributed by atoms with E-state index in [2.05, 4.69) is 25.3 Å². The molecule has 0 saturated carbocycles. The molecule has 2 amide bonds. The molecule has 13 nitrogen and oxygen atoms in total. The Morgan fingerprint density at radius 3 is 2.76 bits per heavy atom. The van der Waals surface area contributed by atoms with E-state index in [1.54, 1.807) is 16.8 Å². The van der Waals surface area contributed by atoms with Gasteiger partial charge in [0.2, 0.25) is 5.88 Å². The van der Waals surface area contributed by atoms with Gasteiger partial charge in [-0.05, 0) is 17.7 Å². The van der Waals surface area contributed by atoms with Gasteiger partial charge in [-0.2, -0.15) is 5.10 Å². The highest BCUT2D eigenvalue weighted by molar-refractivity contribution is 5.98. The number of carbonyl (C=O) groups excluding carboxylic acids is 1. The number of ether oxygens (including phenoxy) is 2. The molecule has 37 heavy (non-hydrogen) atoms. The van der Waals surface area contributed by atoms with Crippen molar-refractivity contribution >= 4 is 23.3 Å². The zero-order chi connectivity index (χ0) is 26.1. The summed E-state index contributed by atoms with van der Waals surface area (Å²) < 4.78 is 26.8. The number of hydrogen-bond donors (Lipinski definition) is 3. The van der Waals surface area contributed by atoms with Crippen LogP contribution >= 0.6 is 0 Å². The molecule has 2 aliphatic heterocycles. The van der Waals surface area contributed by atoms with Gasteiger partial charge in [0.15, 0.2) is 5.82 Å². The average Bonchev–Trinajstić information content (AvgIpc) is 3.45. The number of carbonyl (C=O) groups is 2. The number of fused-ring (bicyclic) bond motifs is 1. The number of carboxylic acid groups (broad SMARTS) is 1. The van der Waals surface area contributed by atoms with Crippen LogP contribution in [0.2, 0.25) is 0 Å². The van der Waals surface area contributed by atoms with Crippen LogP contribution in [0.25, 0.3) is 16.8 Å². The second-order valence-electron chi connectivity index (χ2n) is 8.91. The number of amides is 2. The molecule has 4 N–H and O–H groups in total. The van der Waals surface area contributed by atoms with Gasteiger partial charge in [0.05, 0.1) is 38.6 Å². The fraction of sp³-hybridized carbons (Fsp3) is 0.435. The number of nitrogens with zero attached hydrogens (tertiary/aromatic N) is 6. The van der Waals surface area contributed by atoms with Gasteiger partial charge in [-0.1, -0.05) is 0 Å². The lowest BCUT2D eigenvalue weighted by Gasteiger charge is -2.26. The van der Waals surface area contributed by atoms with Crippen molar-refractivity contribution in [3.63, 3.8) is 0 Å². The first kappa shape index (κ1) is 24.6. The quantitative estimate of drug-likeness (QED) is 0.426. The third kappa shape index (κ3) is 4.84. The normalized spacial score (nSPS) is 20.3. The van der Waals surface area contributed by atoms with Crippen molar-refractivity contribution in [2.45, 2.75) is 18.8 Å². The summed E-state index contributed by atoms with van der Waals surface area (Å²) in [6.45, 7) is 3.02. The number of nitrogen functional groups attached to an aromatic ring is 1. The SMILES string of the molecule is COc1ncc(-c2cc(CN3CCOCC3)c3c(N)ncnn23)cc1C(=O)N[C@@H]1CN(C(=O)O)C[C@@H]1F. The van der Waals surface area contributed by atoms with Crippen molar-refractivity contribution in [1.29, 1.82) is 0 Å². The summed E-state index contributed by atoms with van der Waals surface area (Å²) >= 11 is 0. The van der Waals surface area contributed by atoms with Crippen molar-refractivity contribution < 1.29 is 28.6 Å². The minimum absolute atomic E-state index is 0.0493. The summed E-state index contributed by atoms with van der Waals surface area (Å²) in [6, 6.07) is 2.52. The first-order valence-electron chi connectivity index (χ1n) is 11.7. The summed E-state index contributed by atoms with van der Waals surface area (Å²) in [4.78, 5) is 35.9. The molecule has 0 aromatic carbocycles. The number of pyridine rings is 1. The highest BCUT2D eigenvalue weighted by Gasteiger charge is 2.37. The fourth-order valence-electron chi connectivity index (χ4n) is 4.69. The number of hydrogen-bond acceptors (Lipinski definition) is 9. The van der Waals surface area contributed by atoms with Gasteiger partial charge in [0.25, 0.3) is 5.91 Å². The standard InChI is InChI=1S/C23H27FN8O5/c1-36-22-15(21(33)29-17-11-31(23(34)35)10-16(17)24)6-13(8-26-22)18-7-14(9-30-2-4-37-5-3-30)19-20(25)27-12-28-32(18)19/h6-8,12,16-17H,2-5,9-11H2,1H3,(H,29,33)(H,34,35)(H2,25,27,28)/t16-,17+/m0/s1. The summed E-state index contributed by atoms with van der Waals surface area (Å²) in [7, 11) is 1.37. The van der Waals surface area contributed by atoms with E-state index in [4.69, 9.17) is 20.3 Å². The Morgan fingerprint density at radius 1 is 1.27 bits per heavy atom. The molecule has 0 unspecified atom stereocenters. The number of nitrogens with two attached hydrogens (primary N) is 1. The highest BCUT2D eigenvalue weighted by atomic mass is 19.1. The lowest BCUT2D eigenvalue weighted by molar-refractivity contribution is 0.0344. The van der Waals surface area contributed by atoms with Crippen LogP contribution in [-0.2, 0) is 11.3 Å². The molecule has 0 aliphatic carbocycles. The van der Waals surface area contributed by atoms with Crippen LogP contribution in [0.4, 0.5) is 15.0 Å². The van der Waals surface area contributed by atoms with Gasteiger partial charge >= 0.3 is 6.09 Å². The molecule has 2 fully saturated rings. The van der Waals surface area contributed by atoms with Crippen LogP contribution in [0.1, 0.15) is 15.9 Å². The molecule has 2 atom stereocenters. The fourth-order valence-corrected chi connectivity index (χ4v) is 4.69. The average molecular weight is 515 g/mol. The molecular formula is C23H27FN8O5. The summed E-state index contributed by atoms with van der Waals surface area (Å²) in [5.74, 6) is -0.259. The monoisotopic (exact) mass is 514 g/mol. The lowest BCUT2D eigenvalue weighted by Crippen LogP contribution is -2.41. The van der Waals surface area contributed by atoms with Gasteiger partial charge in [-0.25, -0.2) is 23.7 Å². The third-order valence-corrected chi connectivity index (χ3v) is 6.58. The maximum atomic E-state index is 14.4. The summed E-state index contributed by atoms with van der Waals surface area (Å²) in [5, 5.41) is 16.1. The van der Waals surface area contributed by atoms with E-state index in [1.165, 1.54) is 13.4 Å². The number of nitrogens with one attached hydrogen (secondary N) is 1. The Hall–Kier alpha value is -4.04. The molecule has 0 radical (unpaired) electrons. The topological polar surface area (TPSA) is 160 Å². The number of morpholine rings is 1. The summed E-state index contributed by atoms with van der Waals surface area (Å²) in [5.41, 5.74) is 9.06. The van der Waals surface area contributed by atoms with Crippen molar-refractivity contribution in [3.8, 4) is 17.1 Å². The van der Waals surface area contributed by atoms with Crippen LogP contribution in [-0.4, -0.2) is 105 Å². The molecule has 0 bridgehead atoms. The van der Waals surface area contributed by atoms with E-state index in [-0.39, 0.29) is 24.5 Å². The molecule has 5 rings (SSSR count). The Labute approximate surface area is 211 Å². The first-order valence-corrected chi connectivity index (χ1v) is 11.7. The van der Waals surface area contributed by atoms with Crippen LogP contribution in [0.3, 0.4) is 0 Å². The maximum absolute atomic E-state index is 14.4. The number of halogens is 1. The molecule has 3 aromatic heterocycles. The van der Waals surface area contributed by atoms with Crippen molar-refractivity contribution in [2.24, 2.45) is 0 Å². The molecule has 3 aromatic rings. The first-order chi connectivity index (χ1) is 17.9. The molecule has 2 saturated heterocycles. The van der Waals surface area contributed by atoms with Crippen molar-refractivity contribution in [3.05, 3.63) is 35.8 Å². The largest absolute Gasteiger partial charge is 0.480 e. The molecule has 14 heteroatoms. The number of anilines is 1. The Bertz CT molecular complexity index is 1330. The Balaban J connectivity index is 1.48. The van der Waals surface area contributed by atoms with Gasteiger partial charge < -0.3 is 30.5 Å².